The number of ketones is 1. The average molecular weight is 367 g/mol. The van der Waals surface area contributed by atoms with Crippen LogP contribution in [0.4, 0.5) is 0 Å². The van der Waals surface area contributed by atoms with Crippen molar-refractivity contribution in [1.82, 2.24) is 14.5 Å². The molecule has 1 aromatic carbocycles. The molecule has 0 saturated heterocycles. The number of nitrogens with zero attached hydrogens (tertiary/aromatic N) is 2. The van der Waals surface area contributed by atoms with E-state index in [2.05, 4.69) is 5.32 Å². The first-order valence-corrected chi connectivity index (χ1v) is 10.5. The lowest BCUT2D eigenvalue weighted by Crippen LogP contribution is -2.51. The molecule has 0 atom stereocenters. The van der Waals surface area contributed by atoms with Gasteiger partial charge in [-0.25, -0.2) is 4.79 Å². The molecule has 4 fully saturated rings. The highest BCUT2D eigenvalue weighted by Gasteiger charge is 2.54. The minimum atomic E-state index is -0.150. The smallest absolute Gasteiger partial charge is 0.318 e. The van der Waals surface area contributed by atoms with E-state index in [1.165, 1.54) is 19.3 Å². The number of carbonyl (C=O) groups excluding carboxylic acids is 1. The molecule has 144 valence electrons. The van der Waals surface area contributed by atoms with Crippen molar-refractivity contribution in [2.45, 2.75) is 51.6 Å². The molecule has 0 unspecified atom stereocenters. The number of aromatic nitrogens is 2. The summed E-state index contributed by atoms with van der Waals surface area (Å²) in [5.41, 5.74) is 1.61. The van der Waals surface area contributed by atoms with Gasteiger partial charge in [-0.2, -0.15) is 0 Å². The SMILES string of the molecule is CNCCn1c(=O)n(CC(=O)C23CC4CC(CC(C4)C2)C3)c2ccccc21. The van der Waals surface area contributed by atoms with E-state index in [4.69, 9.17) is 0 Å². The van der Waals surface area contributed by atoms with Gasteiger partial charge in [0, 0.05) is 18.5 Å². The minimum Gasteiger partial charge on any atom is -0.318 e. The van der Waals surface area contributed by atoms with Crippen LogP contribution >= 0.6 is 0 Å². The number of nitrogens with one attached hydrogen (secondary N) is 1. The van der Waals surface area contributed by atoms with E-state index in [0.29, 0.717) is 12.3 Å². The minimum absolute atomic E-state index is 0.0514. The molecule has 1 aromatic heterocycles. The number of hydrogen-bond acceptors (Lipinski definition) is 3. The third-order valence-corrected chi connectivity index (χ3v) is 7.44. The van der Waals surface area contributed by atoms with E-state index in [0.717, 1.165) is 54.6 Å². The quantitative estimate of drug-likeness (QED) is 0.854. The Balaban J connectivity index is 1.49. The molecule has 0 aliphatic heterocycles. The molecule has 0 amide bonds. The highest BCUT2D eigenvalue weighted by atomic mass is 16.2. The number of likely N-dealkylation sites (N-methyl/N-ethyl adjacent to an activating group) is 1. The van der Waals surface area contributed by atoms with Crippen LogP contribution in [0.15, 0.2) is 29.1 Å². The fourth-order valence-electron chi connectivity index (χ4n) is 6.63. The first-order chi connectivity index (χ1) is 13.1. The Labute approximate surface area is 159 Å². The van der Waals surface area contributed by atoms with E-state index < -0.39 is 0 Å². The summed E-state index contributed by atoms with van der Waals surface area (Å²) >= 11 is 0. The number of carbonyl (C=O) groups is 1. The Hall–Kier alpha value is -1.88. The summed E-state index contributed by atoms with van der Waals surface area (Å²) in [7, 11) is 1.89. The Morgan fingerprint density at radius 1 is 1.04 bits per heavy atom. The number of hydrogen-bond donors (Lipinski definition) is 1. The maximum absolute atomic E-state index is 13.5. The summed E-state index contributed by atoms with van der Waals surface area (Å²) < 4.78 is 3.53. The summed E-state index contributed by atoms with van der Waals surface area (Å²) in [6, 6.07) is 7.87. The van der Waals surface area contributed by atoms with Gasteiger partial charge in [-0.3, -0.25) is 13.9 Å². The molecule has 4 bridgehead atoms. The third kappa shape index (κ3) is 2.70. The number of para-hydroxylation sites is 2. The van der Waals surface area contributed by atoms with Gasteiger partial charge in [-0.05, 0) is 75.5 Å². The molecule has 5 heteroatoms. The van der Waals surface area contributed by atoms with Gasteiger partial charge in [0.1, 0.15) is 0 Å². The van der Waals surface area contributed by atoms with Crippen LogP contribution in [-0.2, 0) is 17.9 Å². The summed E-state index contributed by atoms with van der Waals surface area (Å²) in [5, 5.41) is 3.11. The number of fused-ring (bicyclic) bond motifs is 1. The molecule has 1 N–H and O–H groups in total. The topological polar surface area (TPSA) is 56.0 Å². The van der Waals surface area contributed by atoms with E-state index in [-0.39, 0.29) is 17.6 Å². The van der Waals surface area contributed by atoms with E-state index in [9.17, 15) is 9.59 Å². The third-order valence-electron chi connectivity index (χ3n) is 7.44. The summed E-state index contributed by atoms with van der Waals surface area (Å²) in [6.45, 7) is 1.59. The molecule has 4 aliphatic rings. The van der Waals surface area contributed by atoms with Gasteiger partial charge in [0.25, 0.3) is 0 Å². The van der Waals surface area contributed by atoms with E-state index in [1.807, 2.05) is 31.3 Å². The fourth-order valence-corrected chi connectivity index (χ4v) is 6.63. The number of benzene rings is 1. The lowest BCUT2D eigenvalue weighted by Gasteiger charge is -2.56. The largest absolute Gasteiger partial charge is 0.329 e. The molecule has 6 rings (SSSR count). The first kappa shape index (κ1) is 17.2. The maximum Gasteiger partial charge on any atom is 0.329 e. The van der Waals surface area contributed by atoms with Crippen LogP contribution in [0, 0.1) is 23.2 Å². The van der Waals surface area contributed by atoms with Gasteiger partial charge in [0.05, 0.1) is 17.6 Å². The normalized spacial score (nSPS) is 31.7. The number of Topliss-reactive ketones (excluding diaryl/α,β-unsaturated/α-hetero) is 1. The number of imidazole rings is 1. The van der Waals surface area contributed by atoms with Gasteiger partial charge < -0.3 is 5.32 Å². The van der Waals surface area contributed by atoms with Crippen LogP contribution in [0.3, 0.4) is 0 Å². The zero-order valence-corrected chi connectivity index (χ0v) is 16.1. The number of rotatable bonds is 6. The summed E-state index contributed by atoms with van der Waals surface area (Å²) in [4.78, 5) is 26.6. The van der Waals surface area contributed by atoms with Crippen molar-refractivity contribution in [3.8, 4) is 0 Å². The zero-order valence-electron chi connectivity index (χ0n) is 16.1. The predicted molar refractivity (Wildman–Crippen MR) is 106 cm³/mol. The lowest BCUT2D eigenvalue weighted by atomic mass is 9.48. The molecule has 0 spiro atoms. The van der Waals surface area contributed by atoms with Crippen LogP contribution in [0.1, 0.15) is 38.5 Å². The molecule has 4 saturated carbocycles. The highest BCUT2D eigenvalue weighted by Crippen LogP contribution is 2.60. The van der Waals surface area contributed by atoms with E-state index >= 15 is 0 Å². The molecule has 27 heavy (non-hydrogen) atoms. The second-order valence-corrected chi connectivity index (χ2v) is 9.23. The van der Waals surface area contributed by atoms with Crippen molar-refractivity contribution in [2.75, 3.05) is 13.6 Å². The summed E-state index contributed by atoms with van der Waals surface area (Å²) in [5.74, 6) is 2.54. The van der Waals surface area contributed by atoms with Crippen LogP contribution in [-0.4, -0.2) is 28.5 Å². The fraction of sp³-hybridized carbons (Fsp3) is 0.636. The van der Waals surface area contributed by atoms with Gasteiger partial charge >= 0.3 is 5.69 Å². The van der Waals surface area contributed by atoms with Crippen molar-refractivity contribution in [3.05, 3.63) is 34.7 Å². The van der Waals surface area contributed by atoms with Crippen LogP contribution < -0.4 is 11.0 Å². The molecule has 2 aromatic rings. The molecular formula is C22H29N3O2. The second kappa shape index (κ2) is 6.33. The molecule has 5 nitrogen and oxygen atoms in total. The van der Waals surface area contributed by atoms with Crippen molar-refractivity contribution in [1.29, 1.82) is 0 Å². The van der Waals surface area contributed by atoms with Gasteiger partial charge in [-0.15, -0.1) is 0 Å². The molecular weight excluding hydrogens is 338 g/mol. The van der Waals surface area contributed by atoms with Crippen LogP contribution in [0.5, 0.6) is 0 Å². The first-order valence-electron chi connectivity index (χ1n) is 10.5. The second-order valence-electron chi connectivity index (χ2n) is 9.23. The Morgan fingerprint density at radius 3 is 2.15 bits per heavy atom. The Kier molecular flexibility index (Phi) is 4.04. The molecule has 4 aliphatic carbocycles. The maximum atomic E-state index is 13.5. The predicted octanol–water partition coefficient (Wildman–Crippen LogP) is 2.81. The zero-order chi connectivity index (χ0) is 18.6. The molecule has 1 heterocycles. The lowest BCUT2D eigenvalue weighted by molar-refractivity contribution is -0.144. The van der Waals surface area contributed by atoms with Crippen LogP contribution in [0.25, 0.3) is 11.0 Å². The van der Waals surface area contributed by atoms with Crippen molar-refractivity contribution in [3.63, 3.8) is 0 Å². The monoisotopic (exact) mass is 367 g/mol. The van der Waals surface area contributed by atoms with Gasteiger partial charge in [0.15, 0.2) is 5.78 Å². The Bertz CT molecular complexity index is 903. The van der Waals surface area contributed by atoms with Crippen LogP contribution in [0.2, 0.25) is 0 Å². The highest BCUT2D eigenvalue weighted by molar-refractivity contribution is 5.87. The Morgan fingerprint density at radius 2 is 1.59 bits per heavy atom. The average Bonchev–Trinajstić information content (AvgIpc) is 2.90. The molecule has 0 radical (unpaired) electrons. The van der Waals surface area contributed by atoms with Crippen molar-refractivity contribution < 1.29 is 4.79 Å². The van der Waals surface area contributed by atoms with Gasteiger partial charge in [-0.1, -0.05) is 12.1 Å². The standard InChI is InChI=1S/C22H29N3O2/c1-23-6-7-24-18-4-2-3-5-19(18)25(21(24)27)14-20(26)22-11-15-8-16(12-22)10-17(9-15)13-22/h2-5,15-17,23H,6-14H2,1H3. The van der Waals surface area contributed by atoms with E-state index in [1.54, 1.807) is 9.13 Å². The van der Waals surface area contributed by atoms with Crippen molar-refractivity contribution in [2.24, 2.45) is 23.2 Å². The van der Waals surface area contributed by atoms with Gasteiger partial charge in [0.2, 0.25) is 0 Å². The van der Waals surface area contributed by atoms with Crippen molar-refractivity contribution >= 4 is 16.8 Å². The summed E-state index contributed by atoms with van der Waals surface area (Å²) in [6.07, 6.45) is 7.17.